The Hall–Kier alpha value is 1.29. The molecule has 0 unspecified atom stereocenters. The molecule has 0 aromatic rings. The third-order valence-electron chi connectivity index (χ3n) is 2.17. The zero-order valence-electron chi connectivity index (χ0n) is 9.88. The Morgan fingerprint density at radius 3 is 1.31 bits per heavy atom. The number of hydrogen-bond donors (Lipinski definition) is 0. The maximum absolute atomic E-state index is 2.41. The second-order valence-corrected chi connectivity index (χ2v) is 12.1. The Morgan fingerprint density at radius 2 is 1.08 bits per heavy atom. The molecule has 0 rings (SSSR count). The molecule has 0 saturated heterocycles. The predicted molar refractivity (Wildman–Crippen MR) is 74.5 cm³/mol. The topological polar surface area (TPSA) is 0 Å². The largest absolute Gasteiger partial charge is 0.113 e. The lowest BCUT2D eigenvalue weighted by Gasteiger charge is -2.18. The lowest BCUT2D eigenvalue weighted by atomic mass is 10.9. The molecule has 3 heteroatoms. The van der Waals surface area contributed by atoms with Crippen molar-refractivity contribution in [1.82, 2.24) is 0 Å². The highest BCUT2D eigenvalue weighted by atomic mass is 31.1. The van der Waals surface area contributed by atoms with Crippen LogP contribution in [-0.2, 0) is 0 Å². The first-order chi connectivity index (χ1) is 6.06. The zero-order chi connectivity index (χ0) is 10.3. The molecular weight excluding hydrogens is 213 g/mol. The van der Waals surface area contributed by atoms with Crippen molar-refractivity contribution >= 4 is 23.8 Å². The second kappa shape index (κ2) is 8.59. The van der Waals surface area contributed by atoms with Gasteiger partial charge in [-0.25, -0.2) is 0 Å². The van der Waals surface area contributed by atoms with Crippen LogP contribution in [0.3, 0.4) is 0 Å². The first kappa shape index (κ1) is 14.3. The normalized spacial score (nSPS) is 12.0. The second-order valence-electron chi connectivity index (χ2n) is 4.04. The standard InChI is InChI=1S/C10H25P3/c1-6-13(9-7-11(2)3)10-8-12(4)5/h6-10H2,1-5H3. The summed E-state index contributed by atoms with van der Waals surface area (Å²) in [6.45, 7) is 12.0. The molecule has 0 heterocycles. The van der Waals surface area contributed by atoms with Crippen LogP contribution in [-0.4, -0.2) is 57.5 Å². The maximum Gasteiger partial charge on any atom is -0.0287 e. The summed E-state index contributed by atoms with van der Waals surface area (Å²) in [5.74, 6) is 0. The fourth-order valence-corrected chi connectivity index (χ4v) is 7.43. The molecule has 0 aliphatic heterocycles. The molecule has 80 valence electrons. The van der Waals surface area contributed by atoms with Gasteiger partial charge in [0.25, 0.3) is 0 Å². The van der Waals surface area contributed by atoms with E-state index < -0.39 is 0 Å². The third kappa shape index (κ3) is 9.59. The molecule has 0 aromatic carbocycles. The van der Waals surface area contributed by atoms with Crippen LogP contribution < -0.4 is 0 Å². The Morgan fingerprint density at radius 1 is 0.692 bits per heavy atom. The van der Waals surface area contributed by atoms with E-state index in [9.17, 15) is 0 Å². The van der Waals surface area contributed by atoms with Crippen LogP contribution >= 0.6 is 23.8 Å². The first-order valence-electron chi connectivity index (χ1n) is 5.08. The van der Waals surface area contributed by atoms with E-state index >= 15 is 0 Å². The van der Waals surface area contributed by atoms with Gasteiger partial charge in [0.15, 0.2) is 0 Å². The van der Waals surface area contributed by atoms with Gasteiger partial charge in [0.1, 0.15) is 0 Å². The summed E-state index contributed by atoms with van der Waals surface area (Å²) in [5.41, 5.74) is 0. The van der Waals surface area contributed by atoms with Crippen molar-refractivity contribution in [2.45, 2.75) is 6.92 Å². The van der Waals surface area contributed by atoms with Crippen molar-refractivity contribution in [2.24, 2.45) is 0 Å². The number of hydrogen-bond acceptors (Lipinski definition) is 0. The van der Waals surface area contributed by atoms with Gasteiger partial charge in [-0.15, -0.1) is 23.8 Å². The fourth-order valence-electron chi connectivity index (χ4n) is 1.11. The van der Waals surface area contributed by atoms with E-state index in [1.807, 2.05) is 0 Å². The molecular formula is C10H25P3. The Balaban J connectivity index is 3.51. The van der Waals surface area contributed by atoms with Crippen LogP contribution in [0.2, 0.25) is 0 Å². The number of rotatable bonds is 7. The van der Waals surface area contributed by atoms with Crippen molar-refractivity contribution in [3.8, 4) is 0 Å². The van der Waals surface area contributed by atoms with Crippen LogP contribution in [0.4, 0.5) is 0 Å². The lowest BCUT2D eigenvalue weighted by molar-refractivity contribution is 1.35. The molecule has 0 amide bonds. The van der Waals surface area contributed by atoms with Crippen molar-refractivity contribution in [3.63, 3.8) is 0 Å². The zero-order valence-corrected chi connectivity index (χ0v) is 12.6. The molecule has 0 bridgehead atoms. The highest BCUT2D eigenvalue weighted by Crippen LogP contribution is 2.41. The molecule has 0 atom stereocenters. The summed E-state index contributed by atoms with van der Waals surface area (Å²) >= 11 is 0. The molecule has 0 radical (unpaired) electrons. The van der Waals surface area contributed by atoms with Gasteiger partial charge in [-0.2, -0.15) is 0 Å². The highest BCUT2D eigenvalue weighted by Gasteiger charge is 2.06. The van der Waals surface area contributed by atoms with Gasteiger partial charge in [0.05, 0.1) is 0 Å². The minimum atomic E-state index is 0.357. The molecule has 0 N–H and O–H groups in total. The third-order valence-corrected chi connectivity index (χ3v) is 7.72. The van der Waals surface area contributed by atoms with Gasteiger partial charge in [0.2, 0.25) is 0 Å². The van der Waals surface area contributed by atoms with Crippen LogP contribution in [0.1, 0.15) is 6.92 Å². The van der Waals surface area contributed by atoms with E-state index in [0.29, 0.717) is 23.8 Å². The van der Waals surface area contributed by atoms with Crippen LogP contribution in [0.25, 0.3) is 0 Å². The Bertz CT molecular complexity index is 101. The van der Waals surface area contributed by atoms with Crippen molar-refractivity contribution in [1.29, 1.82) is 0 Å². The van der Waals surface area contributed by atoms with Gasteiger partial charge in [0, 0.05) is 0 Å². The molecule has 0 aliphatic rings. The van der Waals surface area contributed by atoms with E-state index in [1.165, 1.54) is 18.5 Å². The quantitative estimate of drug-likeness (QED) is 0.589. The Labute approximate surface area is 88.5 Å². The van der Waals surface area contributed by atoms with E-state index in [4.69, 9.17) is 0 Å². The summed E-state index contributed by atoms with van der Waals surface area (Å²) in [6.07, 6.45) is 7.59. The molecule has 0 saturated carbocycles. The van der Waals surface area contributed by atoms with Crippen LogP contribution in [0.15, 0.2) is 0 Å². The van der Waals surface area contributed by atoms with Gasteiger partial charge in [-0.1, -0.05) is 6.92 Å². The fraction of sp³-hybridized carbons (Fsp3) is 1.00. The van der Waals surface area contributed by atoms with E-state index in [2.05, 4.69) is 33.6 Å². The molecule has 0 spiro atoms. The highest BCUT2D eigenvalue weighted by molar-refractivity contribution is 7.62. The monoisotopic (exact) mass is 238 g/mol. The minimum absolute atomic E-state index is 0.357. The minimum Gasteiger partial charge on any atom is -0.113 e. The maximum atomic E-state index is 2.41. The van der Waals surface area contributed by atoms with Gasteiger partial charge >= 0.3 is 0 Å². The van der Waals surface area contributed by atoms with Crippen molar-refractivity contribution < 1.29 is 0 Å². The lowest BCUT2D eigenvalue weighted by Crippen LogP contribution is -1.99. The van der Waals surface area contributed by atoms with E-state index in [0.717, 1.165) is 0 Å². The average molecular weight is 238 g/mol. The molecule has 0 fully saturated rings. The summed E-state index contributed by atoms with van der Waals surface area (Å²) in [4.78, 5) is 0. The average Bonchev–Trinajstić information content (AvgIpc) is 2.04. The summed E-state index contributed by atoms with van der Waals surface area (Å²) < 4.78 is 0. The predicted octanol–water partition coefficient (Wildman–Crippen LogP) is 3.97. The summed E-state index contributed by atoms with van der Waals surface area (Å²) in [6, 6.07) is 0. The van der Waals surface area contributed by atoms with Gasteiger partial charge in [-0.05, 0) is 57.5 Å². The van der Waals surface area contributed by atoms with Crippen LogP contribution in [0, 0.1) is 0 Å². The Kier molecular flexibility index (Phi) is 9.44. The molecule has 0 aliphatic carbocycles. The summed E-state index contributed by atoms with van der Waals surface area (Å²) in [7, 11) is 1.12. The van der Waals surface area contributed by atoms with E-state index in [1.54, 1.807) is 12.3 Å². The van der Waals surface area contributed by atoms with E-state index in [-0.39, 0.29) is 0 Å². The molecule has 13 heavy (non-hydrogen) atoms. The van der Waals surface area contributed by atoms with Crippen molar-refractivity contribution in [3.05, 3.63) is 0 Å². The van der Waals surface area contributed by atoms with Crippen molar-refractivity contribution in [2.75, 3.05) is 57.5 Å². The molecule has 0 nitrogen and oxygen atoms in total. The first-order valence-corrected chi connectivity index (χ1v) is 11.8. The SMILES string of the molecule is CCP(CCP(C)C)CCP(C)C. The van der Waals surface area contributed by atoms with Gasteiger partial charge < -0.3 is 0 Å². The van der Waals surface area contributed by atoms with Crippen LogP contribution in [0.5, 0.6) is 0 Å². The molecule has 0 aromatic heterocycles. The smallest absolute Gasteiger partial charge is 0.0287 e. The van der Waals surface area contributed by atoms with Gasteiger partial charge in [-0.3, -0.25) is 0 Å². The summed E-state index contributed by atoms with van der Waals surface area (Å²) in [5, 5.41) is 0.